The second-order valence-electron chi connectivity index (χ2n) is 4.87. The second kappa shape index (κ2) is 8.63. The molecule has 0 N–H and O–H groups in total. The Bertz CT molecular complexity index is 430. The number of carbonyl (C=O) groups excluding carboxylic acids is 1. The molecule has 0 amide bonds. The van der Waals surface area contributed by atoms with Crippen LogP contribution >= 0.6 is 0 Å². The molecule has 1 saturated heterocycles. The molecule has 1 rings (SSSR count). The van der Waals surface area contributed by atoms with Gasteiger partial charge >= 0.3 is 5.97 Å². The van der Waals surface area contributed by atoms with Crippen LogP contribution < -0.4 is 0 Å². The Hall–Kier alpha value is -1.61. The summed E-state index contributed by atoms with van der Waals surface area (Å²) in [5.74, 6) is 1.32. The minimum absolute atomic E-state index is 0.0957. The highest BCUT2D eigenvalue weighted by Gasteiger charge is 2.39. The summed E-state index contributed by atoms with van der Waals surface area (Å²) in [7, 11) is 0. The topological polar surface area (TPSA) is 54.0 Å². The van der Waals surface area contributed by atoms with Crippen molar-refractivity contribution in [3.05, 3.63) is 24.3 Å². The summed E-state index contributed by atoms with van der Waals surface area (Å²) in [6, 6.07) is 0. The van der Waals surface area contributed by atoms with Gasteiger partial charge in [0.15, 0.2) is 5.79 Å². The molecule has 21 heavy (non-hydrogen) atoms. The third-order valence-electron chi connectivity index (χ3n) is 2.63. The normalized spacial score (nSPS) is 24.5. The second-order valence-corrected chi connectivity index (χ2v) is 4.87. The lowest BCUT2D eigenvalue weighted by molar-refractivity contribution is -0.155. The molecule has 0 aliphatic carbocycles. The van der Waals surface area contributed by atoms with Gasteiger partial charge in [-0.3, -0.25) is 0 Å². The summed E-state index contributed by atoms with van der Waals surface area (Å²) < 4.78 is 21.6. The van der Waals surface area contributed by atoms with E-state index in [2.05, 4.69) is 5.92 Å². The highest BCUT2D eigenvalue weighted by molar-refractivity contribution is 5.70. The molecule has 1 heterocycles. The van der Waals surface area contributed by atoms with Crippen molar-refractivity contribution < 1.29 is 23.7 Å². The Morgan fingerprint density at radius 1 is 1.38 bits per heavy atom. The minimum Gasteiger partial charge on any atom is -0.464 e. The first-order valence-corrected chi connectivity index (χ1v) is 6.87. The van der Waals surface area contributed by atoms with Crippen molar-refractivity contribution in [2.24, 2.45) is 0 Å². The summed E-state index contributed by atoms with van der Waals surface area (Å²) in [5.41, 5.74) is 0. The first kappa shape index (κ1) is 17.4. The molecule has 0 aromatic carbocycles. The van der Waals surface area contributed by atoms with Crippen molar-refractivity contribution in [3.8, 4) is 12.3 Å². The molecule has 0 aromatic rings. The Kier molecular flexibility index (Phi) is 7.17. The van der Waals surface area contributed by atoms with Gasteiger partial charge in [0.2, 0.25) is 0 Å². The molecule has 0 bridgehead atoms. The molecular weight excluding hydrogens is 272 g/mol. The average Bonchev–Trinajstić information content (AvgIpc) is 2.70. The van der Waals surface area contributed by atoms with Gasteiger partial charge in [-0.1, -0.05) is 24.1 Å². The third kappa shape index (κ3) is 6.58. The Balaban J connectivity index is 2.49. The zero-order valence-corrected chi connectivity index (χ0v) is 12.7. The van der Waals surface area contributed by atoms with Crippen molar-refractivity contribution in [2.45, 2.75) is 38.8 Å². The lowest BCUT2D eigenvalue weighted by atomic mass is 10.2. The highest BCUT2D eigenvalue weighted by Crippen LogP contribution is 2.29. The van der Waals surface area contributed by atoms with Gasteiger partial charge in [0.1, 0.15) is 18.8 Å². The SMILES string of the molecule is C#C/C=C/C=C/[C@H]1OC(C)(C)O[C@H]1COCC(=O)OCC. The van der Waals surface area contributed by atoms with Gasteiger partial charge in [0.25, 0.3) is 0 Å². The molecular formula is C16H22O5. The van der Waals surface area contributed by atoms with E-state index in [1.807, 2.05) is 19.9 Å². The molecule has 5 nitrogen and oxygen atoms in total. The molecule has 116 valence electrons. The predicted octanol–water partition coefficient (Wildman–Crippen LogP) is 1.83. The van der Waals surface area contributed by atoms with Crippen LogP contribution in [-0.4, -0.2) is 43.8 Å². The van der Waals surface area contributed by atoms with E-state index in [9.17, 15) is 4.79 Å². The van der Waals surface area contributed by atoms with E-state index in [-0.39, 0.29) is 31.4 Å². The summed E-state index contributed by atoms with van der Waals surface area (Å²) >= 11 is 0. The summed E-state index contributed by atoms with van der Waals surface area (Å²) in [5, 5.41) is 0. The van der Waals surface area contributed by atoms with Gasteiger partial charge in [0.05, 0.1) is 13.2 Å². The molecule has 1 aliphatic heterocycles. The number of hydrogen-bond acceptors (Lipinski definition) is 5. The lowest BCUT2D eigenvalue weighted by Gasteiger charge is -2.16. The van der Waals surface area contributed by atoms with Gasteiger partial charge < -0.3 is 18.9 Å². The zero-order valence-electron chi connectivity index (χ0n) is 12.7. The van der Waals surface area contributed by atoms with Crippen LogP contribution in [0.4, 0.5) is 0 Å². The van der Waals surface area contributed by atoms with Crippen LogP contribution in [-0.2, 0) is 23.7 Å². The van der Waals surface area contributed by atoms with Crippen molar-refractivity contribution >= 4 is 5.97 Å². The van der Waals surface area contributed by atoms with Gasteiger partial charge in [0, 0.05) is 0 Å². The number of ether oxygens (including phenoxy) is 4. The number of rotatable bonds is 7. The molecule has 0 spiro atoms. The summed E-state index contributed by atoms with van der Waals surface area (Å²) in [4.78, 5) is 11.2. The van der Waals surface area contributed by atoms with E-state index in [1.54, 1.807) is 25.2 Å². The van der Waals surface area contributed by atoms with Crippen LogP contribution in [0.15, 0.2) is 24.3 Å². The van der Waals surface area contributed by atoms with E-state index >= 15 is 0 Å². The van der Waals surface area contributed by atoms with E-state index in [0.29, 0.717) is 6.61 Å². The van der Waals surface area contributed by atoms with Gasteiger partial charge in [-0.05, 0) is 26.8 Å². The quantitative estimate of drug-likeness (QED) is 0.407. The number of hydrogen-bond donors (Lipinski definition) is 0. The van der Waals surface area contributed by atoms with Crippen LogP contribution in [0.5, 0.6) is 0 Å². The van der Waals surface area contributed by atoms with Crippen molar-refractivity contribution in [1.82, 2.24) is 0 Å². The van der Waals surface area contributed by atoms with Crippen LogP contribution in [0.3, 0.4) is 0 Å². The molecule has 2 atom stereocenters. The van der Waals surface area contributed by atoms with Crippen molar-refractivity contribution in [1.29, 1.82) is 0 Å². The fourth-order valence-electron chi connectivity index (χ4n) is 1.90. The standard InChI is InChI=1S/C16H22O5/c1-5-7-8-9-10-13-14(21-16(3,4)20-13)11-18-12-15(17)19-6-2/h1,7-10,13-14H,6,11-12H2,2-4H3/b8-7+,10-9+/t13-,14+/m1/s1. The Morgan fingerprint density at radius 3 is 2.81 bits per heavy atom. The van der Waals surface area contributed by atoms with Gasteiger partial charge in [-0.15, -0.1) is 6.42 Å². The van der Waals surface area contributed by atoms with E-state index in [4.69, 9.17) is 25.4 Å². The number of esters is 1. The fraction of sp³-hybridized carbons (Fsp3) is 0.562. The van der Waals surface area contributed by atoms with Crippen LogP contribution in [0.25, 0.3) is 0 Å². The lowest BCUT2D eigenvalue weighted by Crippen LogP contribution is -2.28. The van der Waals surface area contributed by atoms with Crippen molar-refractivity contribution in [3.63, 3.8) is 0 Å². The molecule has 0 radical (unpaired) electrons. The highest BCUT2D eigenvalue weighted by atomic mass is 16.8. The number of carbonyl (C=O) groups is 1. The van der Waals surface area contributed by atoms with Crippen LogP contribution in [0, 0.1) is 12.3 Å². The van der Waals surface area contributed by atoms with Crippen LogP contribution in [0.2, 0.25) is 0 Å². The van der Waals surface area contributed by atoms with E-state index in [1.165, 1.54) is 0 Å². The predicted molar refractivity (Wildman–Crippen MR) is 78.4 cm³/mol. The van der Waals surface area contributed by atoms with E-state index < -0.39 is 5.79 Å². The maximum atomic E-state index is 11.2. The first-order valence-electron chi connectivity index (χ1n) is 6.87. The first-order chi connectivity index (χ1) is 9.98. The van der Waals surface area contributed by atoms with Crippen LogP contribution in [0.1, 0.15) is 20.8 Å². The number of terminal acetylenes is 1. The molecule has 5 heteroatoms. The smallest absolute Gasteiger partial charge is 0.332 e. The average molecular weight is 294 g/mol. The molecule has 0 saturated carbocycles. The summed E-state index contributed by atoms with van der Waals surface area (Å²) in [6.07, 6.45) is 11.6. The Labute approximate surface area is 125 Å². The number of allylic oxidation sites excluding steroid dienone is 3. The third-order valence-corrected chi connectivity index (χ3v) is 2.63. The van der Waals surface area contributed by atoms with Gasteiger partial charge in [-0.2, -0.15) is 0 Å². The maximum absolute atomic E-state index is 11.2. The fourth-order valence-corrected chi connectivity index (χ4v) is 1.90. The van der Waals surface area contributed by atoms with Crippen molar-refractivity contribution in [2.75, 3.05) is 19.8 Å². The molecule has 1 aliphatic rings. The van der Waals surface area contributed by atoms with E-state index in [0.717, 1.165) is 0 Å². The minimum atomic E-state index is -0.692. The Morgan fingerprint density at radius 2 is 2.14 bits per heavy atom. The molecule has 1 fully saturated rings. The largest absolute Gasteiger partial charge is 0.464 e. The molecule has 0 unspecified atom stereocenters. The molecule has 0 aromatic heterocycles. The summed E-state index contributed by atoms with van der Waals surface area (Å²) in [6.45, 7) is 5.90. The maximum Gasteiger partial charge on any atom is 0.332 e. The van der Waals surface area contributed by atoms with Gasteiger partial charge in [-0.25, -0.2) is 4.79 Å². The monoisotopic (exact) mass is 294 g/mol. The zero-order chi connectivity index (χ0) is 15.7.